The maximum atomic E-state index is 13.0. The summed E-state index contributed by atoms with van der Waals surface area (Å²) in [5, 5.41) is 6.05. The van der Waals surface area contributed by atoms with E-state index in [1.165, 1.54) is 0 Å². The van der Waals surface area contributed by atoms with Crippen molar-refractivity contribution in [2.75, 3.05) is 18.6 Å². The first kappa shape index (κ1) is 22.1. The van der Waals surface area contributed by atoms with Crippen LogP contribution in [-0.4, -0.2) is 43.5 Å². The van der Waals surface area contributed by atoms with Gasteiger partial charge >= 0.3 is 0 Å². The second kappa shape index (κ2) is 9.96. The first-order valence-electron chi connectivity index (χ1n) is 11.0. The topological polar surface area (TPSA) is 87.7 Å². The highest BCUT2D eigenvalue weighted by Gasteiger charge is 2.37. The molecule has 1 aliphatic heterocycles. The molecular formula is C23H33N3O4. The normalized spacial score (nSPS) is 21.4. The van der Waals surface area contributed by atoms with Crippen molar-refractivity contribution < 1.29 is 19.1 Å². The Morgan fingerprint density at radius 2 is 1.87 bits per heavy atom. The lowest BCUT2D eigenvalue weighted by Gasteiger charge is -2.26. The van der Waals surface area contributed by atoms with Gasteiger partial charge in [0.05, 0.1) is 13.0 Å². The number of nitrogens with one attached hydrogen (secondary N) is 2. The van der Waals surface area contributed by atoms with Crippen LogP contribution in [0.25, 0.3) is 0 Å². The van der Waals surface area contributed by atoms with Crippen LogP contribution in [0.5, 0.6) is 5.75 Å². The smallest absolute Gasteiger partial charge is 0.243 e. The van der Waals surface area contributed by atoms with Crippen molar-refractivity contribution >= 4 is 23.4 Å². The van der Waals surface area contributed by atoms with Crippen LogP contribution >= 0.6 is 0 Å². The van der Waals surface area contributed by atoms with Crippen LogP contribution in [0.15, 0.2) is 24.3 Å². The molecule has 1 aromatic carbocycles. The Morgan fingerprint density at radius 3 is 2.47 bits per heavy atom. The van der Waals surface area contributed by atoms with Crippen molar-refractivity contribution in [1.82, 2.24) is 10.6 Å². The van der Waals surface area contributed by atoms with E-state index in [9.17, 15) is 14.4 Å². The average molecular weight is 416 g/mol. The Kier molecular flexibility index (Phi) is 7.34. The fourth-order valence-corrected chi connectivity index (χ4v) is 4.23. The van der Waals surface area contributed by atoms with Crippen LogP contribution in [0.3, 0.4) is 0 Å². The van der Waals surface area contributed by atoms with Gasteiger partial charge in [0.15, 0.2) is 0 Å². The van der Waals surface area contributed by atoms with E-state index in [-0.39, 0.29) is 36.1 Å². The minimum Gasteiger partial charge on any atom is -0.497 e. The fraction of sp³-hybridized carbons (Fsp3) is 0.609. The zero-order chi connectivity index (χ0) is 21.7. The Balaban J connectivity index is 1.63. The van der Waals surface area contributed by atoms with Crippen molar-refractivity contribution in [3.05, 3.63) is 24.3 Å². The van der Waals surface area contributed by atoms with Crippen molar-refractivity contribution in [1.29, 1.82) is 0 Å². The van der Waals surface area contributed by atoms with Crippen molar-refractivity contribution in [2.24, 2.45) is 11.8 Å². The third kappa shape index (κ3) is 5.12. The Morgan fingerprint density at radius 1 is 1.20 bits per heavy atom. The summed E-state index contributed by atoms with van der Waals surface area (Å²) in [6, 6.07) is 6.85. The van der Waals surface area contributed by atoms with Gasteiger partial charge in [-0.2, -0.15) is 0 Å². The molecule has 3 amide bonds. The number of hydrogen-bond donors (Lipinski definition) is 2. The minimum atomic E-state index is -0.576. The summed E-state index contributed by atoms with van der Waals surface area (Å²) in [5.41, 5.74) is 0.744. The molecule has 164 valence electrons. The van der Waals surface area contributed by atoms with Gasteiger partial charge in [0.25, 0.3) is 0 Å². The standard InChI is InChI=1S/C23H33N3O4/c1-4-15(2)21(23(29)24-17-7-5-6-8-17)25-22(28)16-13-20(27)26(14-16)18-9-11-19(30-3)12-10-18/h9-12,15-17,21H,4-8,13-14H2,1-3H3,(H,24,29)(H,25,28)/t15-,16+,21+/m1/s1. The number of ether oxygens (including phenoxy) is 1. The highest BCUT2D eigenvalue weighted by Crippen LogP contribution is 2.27. The SMILES string of the molecule is CC[C@@H](C)[C@H](NC(=O)[C@H]1CC(=O)N(c2ccc(OC)cc2)C1)C(=O)NC1CCCC1. The van der Waals surface area contributed by atoms with Gasteiger partial charge in [-0.3, -0.25) is 14.4 Å². The van der Waals surface area contributed by atoms with Crippen LogP contribution in [0.2, 0.25) is 0 Å². The number of hydrogen-bond acceptors (Lipinski definition) is 4. The molecule has 3 rings (SSSR count). The summed E-state index contributed by atoms with van der Waals surface area (Å²) in [7, 11) is 1.59. The molecule has 0 radical (unpaired) electrons. The molecule has 2 aliphatic rings. The van der Waals surface area contributed by atoms with Crippen LogP contribution in [-0.2, 0) is 14.4 Å². The van der Waals surface area contributed by atoms with Crippen LogP contribution in [0.1, 0.15) is 52.4 Å². The van der Waals surface area contributed by atoms with E-state index in [0.717, 1.165) is 37.8 Å². The summed E-state index contributed by atoms with van der Waals surface area (Å²) in [6.07, 6.45) is 5.20. The highest BCUT2D eigenvalue weighted by molar-refractivity contribution is 6.01. The molecule has 0 spiro atoms. The number of rotatable bonds is 8. The molecule has 1 heterocycles. The lowest BCUT2D eigenvalue weighted by Crippen LogP contribution is -2.53. The monoisotopic (exact) mass is 415 g/mol. The maximum Gasteiger partial charge on any atom is 0.243 e. The van der Waals surface area contributed by atoms with Gasteiger partial charge in [-0.05, 0) is 43.0 Å². The highest BCUT2D eigenvalue weighted by atomic mass is 16.5. The molecule has 7 heteroatoms. The summed E-state index contributed by atoms with van der Waals surface area (Å²) in [5.74, 6) is -0.164. The molecule has 7 nitrogen and oxygen atoms in total. The second-order valence-corrected chi connectivity index (χ2v) is 8.47. The zero-order valence-corrected chi connectivity index (χ0v) is 18.1. The molecule has 3 atom stereocenters. The number of amides is 3. The van der Waals surface area contributed by atoms with Crippen molar-refractivity contribution in [3.8, 4) is 5.75 Å². The van der Waals surface area contributed by atoms with E-state index in [4.69, 9.17) is 4.74 Å². The summed E-state index contributed by atoms with van der Waals surface area (Å²) >= 11 is 0. The third-order valence-corrected chi connectivity index (χ3v) is 6.37. The molecule has 1 aromatic rings. The molecule has 0 aromatic heterocycles. The predicted octanol–water partition coefficient (Wildman–Crippen LogP) is 2.64. The predicted molar refractivity (Wildman–Crippen MR) is 115 cm³/mol. The molecule has 1 aliphatic carbocycles. The number of carbonyl (C=O) groups is 3. The van der Waals surface area contributed by atoms with E-state index in [0.29, 0.717) is 12.3 Å². The van der Waals surface area contributed by atoms with Gasteiger partial charge in [0.2, 0.25) is 17.7 Å². The maximum absolute atomic E-state index is 13.0. The second-order valence-electron chi connectivity index (χ2n) is 8.47. The van der Waals surface area contributed by atoms with Gasteiger partial charge in [-0.15, -0.1) is 0 Å². The van der Waals surface area contributed by atoms with E-state index in [2.05, 4.69) is 10.6 Å². The van der Waals surface area contributed by atoms with Crippen LogP contribution in [0, 0.1) is 11.8 Å². The summed E-state index contributed by atoms with van der Waals surface area (Å²) in [4.78, 5) is 39.9. The number of nitrogens with zero attached hydrogens (tertiary/aromatic N) is 1. The zero-order valence-electron chi connectivity index (χ0n) is 18.1. The Hall–Kier alpha value is -2.57. The van der Waals surface area contributed by atoms with E-state index >= 15 is 0 Å². The van der Waals surface area contributed by atoms with Gasteiger partial charge in [0.1, 0.15) is 11.8 Å². The Labute approximate surface area is 178 Å². The van der Waals surface area contributed by atoms with Crippen LogP contribution in [0.4, 0.5) is 5.69 Å². The first-order valence-corrected chi connectivity index (χ1v) is 11.0. The molecular weight excluding hydrogens is 382 g/mol. The fourth-order valence-electron chi connectivity index (χ4n) is 4.23. The lowest BCUT2D eigenvalue weighted by atomic mass is 9.96. The number of benzene rings is 1. The third-order valence-electron chi connectivity index (χ3n) is 6.37. The molecule has 0 unspecified atom stereocenters. The molecule has 30 heavy (non-hydrogen) atoms. The van der Waals surface area contributed by atoms with Gasteiger partial charge in [-0.25, -0.2) is 0 Å². The molecule has 1 saturated heterocycles. The lowest BCUT2D eigenvalue weighted by molar-refractivity contribution is -0.132. The quantitative estimate of drug-likeness (QED) is 0.683. The van der Waals surface area contributed by atoms with Gasteiger partial charge in [0, 0.05) is 24.7 Å². The first-order chi connectivity index (χ1) is 14.4. The Bertz CT molecular complexity index is 758. The van der Waals surface area contributed by atoms with Crippen molar-refractivity contribution in [3.63, 3.8) is 0 Å². The van der Waals surface area contributed by atoms with E-state index < -0.39 is 12.0 Å². The van der Waals surface area contributed by atoms with E-state index in [1.54, 1.807) is 24.1 Å². The van der Waals surface area contributed by atoms with Gasteiger partial charge < -0.3 is 20.3 Å². The average Bonchev–Trinajstić information content (AvgIpc) is 3.40. The molecule has 2 fully saturated rings. The molecule has 0 bridgehead atoms. The van der Waals surface area contributed by atoms with Crippen molar-refractivity contribution in [2.45, 2.75) is 64.5 Å². The van der Waals surface area contributed by atoms with Crippen LogP contribution < -0.4 is 20.3 Å². The van der Waals surface area contributed by atoms with E-state index in [1.807, 2.05) is 26.0 Å². The van der Waals surface area contributed by atoms with Gasteiger partial charge in [-0.1, -0.05) is 33.1 Å². The number of carbonyl (C=O) groups excluding carboxylic acids is 3. The largest absolute Gasteiger partial charge is 0.497 e. The molecule has 2 N–H and O–H groups in total. The summed E-state index contributed by atoms with van der Waals surface area (Å²) in [6.45, 7) is 4.30. The summed E-state index contributed by atoms with van der Waals surface area (Å²) < 4.78 is 5.16. The molecule has 1 saturated carbocycles. The number of methoxy groups -OCH3 is 1. The number of anilines is 1. The minimum absolute atomic E-state index is 0.0187.